The molecule has 1 aliphatic rings. The average molecular weight is 250 g/mol. The van der Waals surface area contributed by atoms with Crippen LogP contribution >= 0.6 is 0 Å². The van der Waals surface area contributed by atoms with Gasteiger partial charge in [-0.3, -0.25) is 14.4 Å². The Labute approximate surface area is 106 Å². The Bertz CT molecular complexity index is 453. The van der Waals surface area contributed by atoms with E-state index in [1.807, 2.05) is 19.1 Å². The molecule has 1 atom stereocenters. The van der Waals surface area contributed by atoms with E-state index in [-0.39, 0.29) is 17.7 Å². The molecule has 2 heterocycles. The Morgan fingerprint density at radius 2 is 2.22 bits per heavy atom. The maximum Gasteiger partial charge on any atom is 0.256 e. The number of carbonyl (C=O) groups excluding carboxylic acids is 2. The Morgan fingerprint density at radius 1 is 1.50 bits per heavy atom. The molecule has 1 aromatic heterocycles. The molecule has 0 spiro atoms. The van der Waals surface area contributed by atoms with Crippen molar-refractivity contribution in [3.05, 3.63) is 23.5 Å². The number of aromatic amines is 1. The third-order valence-corrected chi connectivity index (χ3v) is 3.10. The third-order valence-electron chi connectivity index (χ3n) is 3.10. The second kappa shape index (κ2) is 5.35. The smallest absolute Gasteiger partial charge is 0.256 e. The van der Waals surface area contributed by atoms with Gasteiger partial charge in [-0.1, -0.05) is 13.8 Å². The minimum absolute atomic E-state index is 0.243. The SMILES string of the molecule is CCc1ccc(C[C@@H](C)C(=O)N2OCCC2=O)[nH]1. The number of hydrogen-bond acceptors (Lipinski definition) is 3. The molecule has 0 radical (unpaired) electrons. The lowest BCUT2D eigenvalue weighted by Gasteiger charge is -2.16. The second-order valence-electron chi connectivity index (χ2n) is 4.58. The molecule has 5 heteroatoms. The van der Waals surface area contributed by atoms with Crippen LogP contribution in [0.2, 0.25) is 0 Å². The summed E-state index contributed by atoms with van der Waals surface area (Å²) in [5.74, 6) is -0.770. The van der Waals surface area contributed by atoms with Crippen LogP contribution < -0.4 is 0 Å². The van der Waals surface area contributed by atoms with Crippen molar-refractivity contribution >= 4 is 11.8 Å². The second-order valence-corrected chi connectivity index (χ2v) is 4.58. The number of amides is 2. The van der Waals surface area contributed by atoms with Gasteiger partial charge in [0.25, 0.3) is 11.8 Å². The van der Waals surface area contributed by atoms with E-state index in [1.54, 1.807) is 0 Å². The zero-order valence-electron chi connectivity index (χ0n) is 10.7. The van der Waals surface area contributed by atoms with Gasteiger partial charge in [-0.2, -0.15) is 5.06 Å². The van der Waals surface area contributed by atoms with E-state index in [4.69, 9.17) is 4.84 Å². The lowest BCUT2D eigenvalue weighted by molar-refractivity contribution is -0.181. The van der Waals surface area contributed by atoms with Crippen LogP contribution in [0.4, 0.5) is 0 Å². The van der Waals surface area contributed by atoms with Crippen LogP contribution in [-0.4, -0.2) is 28.5 Å². The molecule has 0 aromatic carbocycles. The molecule has 1 aromatic rings. The van der Waals surface area contributed by atoms with Crippen molar-refractivity contribution in [1.82, 2.24) is 10.0 Å². The van der Waals surface area contributed by atoms with Crippen molar-refractivity contribution in [3.8, 4) is 0 Å². The summed E-state index contributed by atoms with van der Waals surface area (Å²) in [7, 11) is 0. The number of H-pyrrole nitrogens is 1. The lowest BCUT2D eigenvalue weighted by atomic mass is 10.0. The summed E-state index contributed by atoms with van der Waals surface area (Å²) < 4.78 is 0. The minimum atomic E-state index is -0.268. The molecule has 98 valence electrons. The predicted octanol–water partition coefficient (Wildman–Crippen LogP) is 1.45. The molecule has 0 saturated carbocycles. The predicted molar refractivity (Wildman–Crippen MR) is 65.5 cm³/mol. The van der Waals surface area contributed by atoms with Gasteiger partial charge in [-0.25, -0.2) is 0 Å². The molecular weight excluding hydrogens is 232 g/mol. The van der Waals surface area contributed by atoms with Crippen molar-refractivity contribution in [1.29, 1.82) is 0 Å². The molecule has 5 nitrogen and oxygen atoms in total. The molecule has 1 saturated heterocycles. The Morgan fingerprint density at radius 3 is 2.78 bits per heavy atom. The summed E-state index contributed by atoms with van der Waals surface area (Å²) in [4.78, 5) is 31.7. The Kier molecular flexibility index (Phi) is 3.81. The van der Waals surface area contributed by atoms with Gasteiger partial charge in [-0.05, 0) is 25.0 Å². The van der Waals surface area contributed by atoms with Gasteiger partial charge < -0.3 is 4.98 Å². The van der Waals surface area contributed by atoms with Crippen molar-refractivity contribution < 1.29 is 14.4 Å². The highest BCUT2D eigenvalue weighted by molar-refractivity contribution is 5.95. The van der Waals surface area contributed by atoms with Crippen LogP contribution in [-0.2, 0) is 27.3 Å². The van der Waals surface area contributed by atoms with Gasteiger partial charge in [0, 0.05) is 17.3 Å². The molecule has 0 aliphatic carbocycles. The zero-order chi connectivity index (χ0) is 13.1. The van der Waals surface area contributed by atoms with Crippen molar-refractivity contribution in [2.75, 3.05) is 6.61 Å². The van der Waals surface area contributed by atoms with Gasteiger partial charge in [0.05, 0.1) is 13.0 Å². The highest BCUT2D eigenvalue weighted by Gasteiger charge is 2.31. The van der Waals surface area contributed by atoms with E-state index >= 15 is 0 Å². The molecule has 0 bridgehead atoms. The normalized spacial score (nSPS) is 17.2. The van der Waals surface area contributed by atoms with E-state index in [0.717, 1.165) is 22.9 Å². The fraction of sp³-hybridized carbons (Fsp3) is 0.538. The van der Waals surface area contributed by atoms with Gasteiger partial charge in [0.2, 0.25) is 0 Å². The number of nitrogens with one attached hydrogen (secondary N) is 1. The number of nitrogens with zero attached hydrogens (tertiary/aromatic N) is 1. The standard InChI is InChI=1S/C13H18N2O3/c1-3-10-4-5-11(14-10)8-9(2)13(17)15-12(16)6-7-18-15/h4-5,9,14H,3,6-8H2,1-2H3/t9-/m1/s1. The van der Waals surface area contributed by atoms with Crippen LogP contribution in [0.1, 0.15) is 31.7 Å². The maximum atomic E-state index is 12.0. The van der Waals surface area contributed by atoms with Crippen molar-refractivity contribution in [2.45, 2.75) is 33.1 Å². The van der Waals surface area contributed by atoms with E-state index in [1.165, 1.54) is 0 Å². The first kappa shape index (κ1) is 12.8. The van der Waals surface area contributed by atoms with Crippen LogP contribution in [0, 0.1) is 5.92 Å². The first-order valence-corrected chi connectivity index (χ1v) is 6.28. The molecule has 1 N–H and O–H groups in total. The third kappa shape index (κ3) is 2.61. The highest BCUT2D eigenvalue weighted by atomic mass is 16.7. The van der Waals surface area contributed by atoms with Crippen molar-refractivity contribution in [2.24, 2.45) is 5.92 Å². The molecule has 2 rings (SSSR count). The monoisotopic (exact) mass is 250 g/mol. The van der Waals surface area contributed by atoms with E-state index < -0.39 is 0 Å². The highest BCUT2D eigenvalue weighted by Crippen LogP contribution is 2.15. The first-order chi connectivity index (χ1) is 8.61. The topological polar surface area (TPSA) is 62.4 Å². The summed E-state index contributed by atoms with van der Waals surface area (Å²) in [6.07, 6.45) is 1.82. The quantitative estimate of drug-likeness (QED) is 0.879. The number of rotatable bonds is 4. The summed E-state index contributed by atoms with van der Waals surface area (Å²) in [6, 6.07) is 4.00. The molecular formula is C13H18N2O3. The van der Waals surface area contributed by atoms with Crippen LogP contribution in [0.15, 0.2) is 12.1 Å². The van der Waals surface area contributed by atoms with Crippen LogP contribution in [0.5, 0.6) is 0 Å². The van der Waals surface area contributed by atoms with E-state index in [0.29, 0.717) is 19.4 Å². The Hall–Kier alpha value is -1.62. The number of aromatic nitrogens is 1. The summed E-state index contributed by atoms with van der Waals surface area (Å²) >= 11 is 0. The maximum absolute atomic E-state index is 12.0. The molecule has 1 aliphatic heterocycles. The lowest BCUT2D eigenvalue weighted by Crippen LogP contribution is -2.35. The zero-order valence-corrected chi connectivity index (χ0v) is 10.7. The molecule has 2 amide bonds. The van der Waals surface area contributed by atoms with Crippen LogP contribution in [0.3, 0.4) is 0 Å². The Balaban J connectivity index is 1.96. The molecule has 1 fully saturated rings. The number of hydroxylamine groups is 2. The van der Waals surface area contributed by atoms with Gasteiger partial charge in [0.1, 0.15) is 0 Å². The fourth-order valence-electron chi connectivity index (χ4n) is 2.02. The largest absolute Gasteiger partial charge is 0.362 e. The average Bonchev–Trinajstić information content (AvgIpc) is 2.97. The van der Waals surface area contributed by atoms with Gasteiger partial charge >= 0.3 is 0 Å². The minimum Gasteiger partial charge on any atom is -0.362 e. The van der Waals surface area contributed by atoms with Crippen molar-refractivity contribution in [3.63, 3.8) is 0 Å². The number of imide groups is 1. The number of carbonyl (C=O) groups is 2. The van der Waals surface area contributed by atoms with Gasteiger partial charge in [0.15, 0.2) is 0 Å². The molecule has 0 unspecified atom stereocenters. The summed E-state index contributed by atoms with van der Waals surface area (Å²) in [6.45, 7) is 4.18. The fourth-order valence-corrected chi connectivity index (χ4v) is 2.02. The van der Waals surface area contributed by atoms with E-state index in [2.05, 4.69) is 11.9 Å². The molecule has 18 heavy (non-hydrogen) atoms. The number of aryl methyl sites for hydroxylation is 1. The summed E-state index contributed by atoms with van der Waals surface area (Å²) in [5, 5.41) is 0.911. The number of hydrogen-bond donors (Lipinski definition) is 1. The van der Waals surface area contributed by atoms with Gasteiger partial charge in [-0.15, -0.1) is 0 Å². The van der Waals surface area contributed by atoms with E-state index in [9.17, 15) is 9.59 Å². The first-order valence-electron chi connectivity index (χ1n) is 6.28. The summed E-state index contributed by atoms with van der Waals surface area (Å²) in [5.41, 5.74) is 2.16. The van der Waals surface area contributed by atoms with Crippen LogP contribution in [0.25, 0.3) is 0 Å².